The van der Waals surface area contributed by atoms with Crippen LogP contribution in [0.4, 0.5) is 0 Å². The largest absolute Gasteiger partial charge is 0.492 e. The van der Waals surface area contributed by atoms with E-state index in [2.05, 4.69) is 46.6 Å². The molecule has 4 rings (SSSR count). The van der Waals surface area contributed by atoms with Gasteiger partial charge >= 0.3 is 0 Å². The molecule has 2 heterocycles. The lowest BCUT2D eigenvalue weighted by Crippen LogP contribution is -2.31. The standard InChI is InChI=1S/C21H26N2O3/c1-23(2)9-10-24-17-5-3-15(4-6-17)21-18-14-20-19(25-11-12-26-20)13-16(18)7-8-22-21/h3-6,13-14,21-22H,7-12H2,1-2H3. The van der Waals surface area contributed by atoms with E-state index < -0.39 is 0 Å². The summed E-state index contributed by atoms with van der Waals surface area (Å²) in [5.41, 5.74) is 3.86. The molecule has 0 saturated carbocycles. The number of nitrogens with one attached hydrogen (secondary N) is 1. The number of fused-ring (bicyclic) bond motifs is 2. The third-order valence-electron chi connectivity index (χ3n) is 4.88. The molecule has 26 heavy (non-hydrogen) atoms. The molecule has 0 aliphatic carbocycles. The number of ether oxygens (including phenoxy) is 3. The summed E-state index contributed by atoms with van der Waals surface area (Å²) in [6, 6.07) is 12.9. The number of nitrogens with zero attached hydrogens (tertiary/aromatic N) is 1. The quantitative estimate of drug-likeness (QED) is 0.894. The zero-order valence-corrected chi connectivity index (χ0v) is 15.5. The molecular weight excluding hydrogens is 328 g/mol. The van der Waals surface area contributed by atoms with Gasteiger partial charge in [-0.3, -0.25) is 0 Å². The molecule has 0 bridgehead atoms. The Morgan fingerprint density at radius 2 is 1.81 bits per heavy atom. The summed E-state index contributed by atoms with van der Waals surface area (Å²) >= 11 is 0. The highest BCUT2D eigenvalue weighted by molar-refractivity contribution is 5.52. The summed E-state index contributed by atoms with van der Waals surface area (Å²) in [6.45, 7) is 3.80. The Hall–Kier alpha value is -2.24. The van der Waals surface area contributed by atoms with Crippen LogP contribution in [-0.4, -0.2) is 51.9 Å². The third kappa shape index (κ3) is 3.64. The van der Waals surface area contributed by atoms with Crippen molar-refractivity contribution in [3.8, 4) is 17.2 Å². The van der Waals surface area contributed by atoms with E-state index in [0.29, 0.717) is 19.8 Å². The fraction of sp³-hybridized carbons (Fsp3) is 0.429. The molecule has 0 radical (unpaired) electrons. The van der Waals surface area contributed by atoms with E-state index in [1.54, 1.807) is 0 Å². The van der Waals surface area contributed by atoms with Gasteiger partial charge in [-0.15, -0.1) is 0 Å². The molecule has 0 amide bonds. The van der Waals surface area contributed by atoms with Crippen LogP contribution in [0.5, 0.6) is 17.2 Å². The van der Waals surface area contributed by atoms with E-state index in [4.69, 9.17) is 14.2 Å². The van der Waals surface area contributed by atoms with Crippen molar-refractivity contribution in [2.45, 2.75) is 12.5 Å². The Morgan fingerprint density at radius 3 is 2.54 bits per heavy atom. The number of rotatable bonds is 5. The minimum atomic E-state index is 0.172. The Kier molecular flexibility index (Phi) is 5.00. The summed E-state index contributed by atoms with van der Waals surface area (Å²) in [6.07, 6.45) is 1.01. The van der Waals surface area contributed by atoms with Gasteiger partial charge in [-0.05, 0) is 61.5 Å². The minimum absolute atomic E-state index is 0.172. The Morgan fingerprint density at radius 1 is 1.08 bits per heavy atom. The lowest BCUT2D eigenvalue weighted by molar-refractivity contribution is 0.171. The van der Waals surface area contributed by atoms with Gasteiger partial charge in [-0.2, -0.15) is 0 Å². The second-order valence-electron chi connectivity index (χ2n) is 7.05. The first-order valence-corrected chi connectivity index (χ1v) is 9.24. The molecule has 2 aliphatic heterocycles. The van der Waals surface area contributed by atoms with Gasteiger partial charge in [0.1, 0.15) is 25.6 Å². The smallest absolute Gasteiger partial charge is 0.161 e. The normalized spacial score (nSPS) is 18.5. The maximum atomic E-state index is 5.80. The monoisotopic (exact) mass is 354 g/mol. The number of hydrogen-bond acceptors (Lipinski definition) is 5. The van der Waals surface area contributed by atoms with E-state index >= 15 is 0 Å². The molecule has 138 valence electrons. The van der Waals surface area contributed by atoms with Gasteiger partial charge in [0.2, 0.25) is 0 Å². The van der Waals surface area contributed by atoms with Crippen molar-refractivity contribution < 1.29 is 14.2 Å². The van der Waals surface area contributed by atoms with Crippen LogP contribution in [0.2, 0.25) is 0 Å². The molecule has 1 unspecified atom stereocenters. The fourth-order valence-corrected chi connectivity index (χ4v) is 3.49. The molecule has 0 aromatic heterocycles. The minimum Gasteiger partial charge on any atom is -0.492 e. The van der Waals surface area contributed by atoms with E-state index in [-0.39, 0.29) is 6.04 Å². The van der Waals surface area contributed by atoms with E-state index in [1.807, 2.05) is 14.1 Å². The van der Waals surface area contributed by atoms with Gasteiger partial charge in [0, 0.05) is 13.1 Å². The Bertz CT molecular complexity index is 759. The Labute approximate surface area is 154 Å². The van der Waals surface area contributed by atoms with Crippen LogP contribution in [0.1, 0.15) is 22.7 Å². The summed E-state index contributed by atoms with van der Waals surface area (Å²) < 4.78 is 17.3. The van der Waals surface area contributed by atoms with Gasteiger partial charge in [-0.25, -0.2) is 0 Å². The first-order valence-electron chi connectivity index (χ1n) is 9.24. The van der Waals surface area contributed by atoms with Crippen molar-refractivity contribution in [3.63, 3.8) is 0 Å². The molecule has 1 N–H and O–H groups in total. The predicted molar refractivity (Wildman–Crippen MR) is 101 cm³/mol. The molecule has 0 saturated heterocycles. The van der Waals surface area contributed by atoms with Gasteiger partial charge in [0.25, 0.3) is 0 Å². The highest BCUT2D eigenvalue weighted by atomic mass is 16.6. The molecule has 0 fully saturated rings. The van der Waals surface area contributed by atoms with Gasteiger partial charge in [0.05, 0.1) is 6.04 Å². The van der Waals surface area contributed by atoms with E-state index in [9.17, 15) is 0 Å². The highest BCUT2D eigenvalue weighted by Crippen LogP contribution is 2.39. The van der Waals surface area contributed by atoms with E-state index in [0.717, 1.165) is 36.8 Å². The van der Waals surface area contributed by atoms with Gasteiger partial charge < -0.3 is 24.4 Å². The van der Waals surface area contributed by atoms with Crippen molar-refractivity contribution in [2.24, 2.45) is 0 Å². The number of benzene rings is 2. The molecular formula is C21H26N2O3. The summed E-state index contributed by atoms with van der Waals surface area (Å²) in [7, 11) is 4.10. The molecule has 2 aromatic carbocycles. The van der Waals surface area contributed by atoms with Crippen molar-refractivity contribution in [3.05, 3.63) is 53.1 Å². The van der Waals surface area contributed by atoms with Crippen LogP contribution in [0.3, 0.4) is 0 Å². The van der Waals surface area contributed by atoms with Crippen molar-refractivity contribution in [2.75, 3.05) is 47.0 Å². The van der Waals surface area contributed by atoms with Crippen molar-refractivity contribution in [1.29, 1.82) is 0 Å². The molecule has 1 atom stereocenters. The average Bonchev–Trinajstić information content (AvgIpc) is 2.66. The van der Waals surface area contributed by atoms with Crippen LogP contribution >= 0.6 is 0 Å². The first kappa shape index (κ1) is 17.2. The number of likely N-dealkylation sites (N-methyl/N-ethyl adjacent to an activating group) is 1. The SMILES string of the molecule is CN(C)CCOc1ccc(C2NCCc3cc4c(cc32)OCCO4)cc1. The average molecular weight is 354 g/mol. The first-order chi connectivity index (χ1) is 12.7. The summed E-state index contributed by atoms with van der Waals surface area (Å²) in [4.78, 5) is 2.11. The molecule has 2 aliphatic rings. The summed E-state index contributed by atoms with van der Waals surface area (Å²) in [5.74, 6) is 2.64. The summed E-state index contributed by atoms with van der Waals surface area (Å²) in [5, 5.41) is 3.63. The third-order valence-corrected chi connectivity index (χ3v) is 4.88. The van der Waals surface area contributed by atoms with Gasteiger partial charge in [-0.1, -0.05) is 12.1 Å². The Balaban J connectivity index is 1.54. The zero-order chi connectivity index (χ0) is 17.9. The molecule has 0 spiro atoms. The van der Waals surface area contributed by atoms with Crippen LogP contribution in [0.15, 0.2) is 36.4 Å². The second kappa shape index (κ2) is 7.56. The van der Waals surface area contributed by atoms with Crippen LogP contribution in [0.25, 0.3) is 0 Å². The molecule has 5 heteroatoms. The fourth-order valence-electron chi connectivity index (χ4n) is 3.49. The maximum Gasteiger partial charge on any atom is 0.161 e. The lowest BCUT2D eigenvalue weighted by Gasteiger charge is -2.30. The van der Waals surface area contributed by atoms with Crippen molar-refractivity contribution in [1.82, 2.24) is 10.2 Å². The predicted octanol–water partition coefficient (Wildman–Crippen LogP) is 2.63. The van der Waals surface area contributed by atoms with Crippen LogP contribution in [-0.2, 0) is 6.42 Å². The number of hydrogen-bond donors (Lipinski definition) is 1. The molecule has 2 aromatic rings. The maximum absolute atomic E-state index is 5.80. The zero-order valence-electron chi connectivity index (χ0n) is 15.5. The molecule has 5 nitrogen and oxygen atoms in total. The van der Waals surface area contributed by atoms with Gasteiger partial charge in [0.15, 0.2) is 11.5 Å². The van der Waals surface area contributed by atoms with E-state index in [1.165, 1.54) is 16.7 Å². The lowest BCUT2D eigenvalue weighted by atomic mass is 9.89. The topological polar surface area (TPSA) is 43.0 Å². The highest BCUT2D eigenvalue weighted by Gasteiger charge is 2.25. The second-order valence-corrected chi connectivity index (χ2v) is 7.05. The van der Waals surface area contributed by atoms with Crippen LogP contribution < -0.4 is 19.5 Å². The van der Waals surface area contributed by atoms with Crippen LogP contribution in [0, 0.1) is 0 Å². The van der Waals surface area contributed by atoms with Crippen molar-refractivity contribution >= 4 is 0 Å².